The number of alkyl halides is 2. The van der Waals surface area contributed by atoms with Crippen molar-refractivity contribution in [1.29, 1.82) is 0 Å². The van der Waals surface area contributed by atoms with Crippen molar-refractivity contribution in [2.75, 3.05) is 11.8 Å². The maximum Gasteiger partial charge on any atom is 0.184 e. The van der Waals surface area contributed by atoms with Crippen LogP contribution in [0.1, 0.15) is 26.7 Å². The summed E-state index contributed by atoms with van der Waals surface area (Å²) in [7, 11) is 0. The topological polar surface area (TPSA) is 17.1 Å². The molecule has 80 valence electrons. The van der Waals surface area contributed by atoms with Gasteiger partial charge in [-0.1, -0.05) is 12.2 Å². The number of halogens is 2. The molecule has 3 heteroatoms. The highest BCUT2D eigenvalue weighted by atomic mass is 35.5. The summed E-state index contributed by atoms with van der Waals surface area (Å²) in [5, 5.41) is 0. The molecule has 0 heterocycles. The summed E-state index contributed by atoms with van der Waals surface area (Å²) in [5.41, 5.74) is 1.55. The zero-order valence-corrected chi connectivity index (χ0v) is 10.2. The van der Waals surface area contributed by atoms with Crippen LogP contribution in [0.2, 0.25) is 0 Å². The van der Waals surface area contributed by atoms with E-state index in [1.54, 1.807) is 0 Å². The van der Waals surface area contributed by atoms with Gasteiger partial charge in [0.15, 0.2) is 5.78 Å². The van der Waals surface area contributed by atoms with Gasteiger partial charge in [-0.15, -0.1) is 23.2 Å². The van der Waals surface area contributed by atoms with E-state index in [2.05, 4.69) is 0 Å². The van der Waals surface area contributed by atoms with E-state index in [0.717, 1.165) is 11.1 Å². The molecule has 0 rings (SSSR count). The molecule has 0 saturated heterocycles. The average Bonchev–Trinajstić information content (AvgIpc) is 2.21. The predicted molar refractivity (Wildman–Crippen MR) is 63.2 cm³/mol. The summed E-state index contributed by atoms with van der Waals surface area (Å²) in [6.07, 6.45) is 4.89. The first-order chi connectivity index (χ1) is 6.71. The molecule has 0 amide bonds. The Morgan fingerprint density at radius 1 is 1.00 bits per heavy atom. The van der Waals surface area contributed by atoms with Gasteiger partial charge in [0.25, 0.3) is 0 Å². The highest BCUT2D eigenvalue weighted by Gasteiger charge is 2.12. The van der Waals surface area contributed by atoms with E-state index in [1.165, 1.54) is 0 Å². The van der Waals surface area contributed by atoms with Crippen LogP contribution in [0.25, 0.3) is 0 Å². The molecule has 0 atom stereocenters. The number of hydrogen-bond donors (Lipinski definition) is 0. The van der Waals surface area contributed by atoms with Gasteiger partial charge in [-0.25, -0.2) is 0 Å². The van der Waals surface area contributed by atoms with Crippen LogP contribution >= 0.6 is 23.2 Å². The van der Waals surface area contributed by atoms with E-state index >= 15 is 0 Å². The molecule has 0 aliphatic rings. The van der Waals surface area contributed by atoms with Crippen LogP contribution in [0.5, 0.6) is 0 Å². The number of Topliss-reactive ketones (excluding diaryl/α,β-unsaturated/α-hetero) is 1. The summed E-state index contributed by atoms with van der Waals surface area (Å²) in [4.78, 5) is 11.8. The Morgan fingerprint density at radius 3 is 1.57 bits per heavy atom. The van der Waals surface area contributed by atoms with Crippen molar-refractivity contribution in [2.24, 2.45) is 0 Å². The van der Waals surface area contributed by atoms with Crippen LogP contribution in [0.15, 0.2) is 23.3 Å². The van der Waals surface area contributed by atoms with Crippen molar-refractivity contribution in [2.45, 2.75) is 26.7 Å². The smallest absolute Gasteiger partial charge is 0.184 e. The molecular weight excluding hydrogens is 219 g/mol. The fourth-order valence-corrected chi connectivity index (χ4v) is 1.59. The van der Waals surface area contributed by atoms with Crippen molar-refractivity contribution >= 4 is 29.0 Å². The monoisotopic (exact) mass is 234 g/mol. The summed E-state index contributed by atoms with van der Waals surface area (Å²) >= 11 is 11.2. The fraction of sp³-hybridized carbons (Fsp3) is 0.545. The van der Waals surface area contributed by atoms with Crippen molar-refractivity contribution in [1.82, 2.24) is 0 Å². The molecule has 1 nitrogen and oxygen atoms in total. The molecule has 0 bridgehead atoms. The maximum atomic E-state index is 11.8. The minimum atomic E-state index is 0.0799. The van der Waals surface area contributed by atoms with Gasteiger partial charge in [0.1, 0.15) is 0 Å². The molecular formula is C11H16Cl2O. The van der Waals surface area contributed by atoms with E-state index in [0.29, 0.717) is 24.6 Å². The molecule has 0 aromatic rings. The first-order valence-electron chi connectivity index (χ1n) is 4.68. The molecule has 0 fully saturated rings. The minimum Gasteiger partial charge on any atom is -0.289 e. The second-order valence-corrected chi connectivity index (χ2v) is 3.59. The summed E-state index contributed by atoms with van der Waals surface area (Å²) in [5.74, 6) is 1.03. The Hall–Kier alpha value is -0.270. The van der Waals surface area contributed by atoms with Crippen molar-refractivity contribution in [3.8, 4) is 0 Å². The Bertz CT molecular complexity index is 218. The standard InChI is InChI=1S/C11H16Cl2O/c1-3-9(5-7-12)11(14)10(4-2)6-8-13/h3-4H,5-8H2,1-2H3. The Kier molecular flexibility index (Phi) is 7.92. The molecule has 0 saturated carbocycles. The third kappa shape index (κ3) is 4.30. The van der Waals surface area contributed by atoms with Crippen molar-refractivity contribution in [3.63, 3.8) is 0 Å². The molecule has 0 aliphatic carbocycles. The van der Waals surface area contributed by atoms with E-state index in [9.17, 15) is 4.79 Å². The lowest BCUT2D eigenvalue weighted by molar-refractivity contribution is -0.112. The first-order valence-corrected chi connectivity index (χ1v) is 5.75. The zero-order chi connectivity index (χ0) is 11.0. The highest BCUT2D eigenvalue weighted by molar-refractivity contribution is 6.19. The minimum absolute atomic E-state index is 0.0799. The lowest BCUT2D eigenvalue weighted by Crippen LogP contribution is -2.07. The highest BCUT2D eigenvalue weighted by Crippen LogP contribution is 2.14. The SMILES string of the molecule is CC=C(CCCl)C(=O)C(=CC)CCCl. The Labute approximate surface area is 95.8 Å². The third-order valence-corrected chi connectivity index (χ3v) is 2.39. The van der Waals surface area contributed by atoms with Crippen molar-refractivity contribution < 1.29 is 4.79 Å². The van der Waals surface area contributed by atoms with Gasteiger partial charge in [0.2, 0.25) is 0 Å². The quantitative estimate of drug-likeness (QED) is 0.506. The van der Waals surface area contributed by atoms with Gasteiger partial charge >= 0.3 is 0 Å². The number of ketones is 1. The Balaban J connectivity index is 4.56. The van der Waals surface area contributed by atoms with Crippen LogP contribution in [-0.2, 0) is 4.79 Å². The largest absolute Gasteiger partial charge is 0.289 e. The molecule has 0 unspecified atom stereocenters. The van der Waals surface area contributed by atoms with Gasteiger partial charge in [0, 0.05) is 11.8 Å². The normalized spacial score (nSPS) is 13.1. The molecule has 0 aromatic carbocycles. The van der Waals surface area contributed by atoms with Gasteiger partial charge < -0.3 is 0 Å². The predicted octanol–water partition coefficient (Wildman–Crippen LogP) is 3.71. The van der Waals surface area contributed by atoms with Crippen molar-refractivity contribution in [3.05, 3.63) is 23.3 Å². The second kappa shape index (κ2) is 8.07. The number of rotatable bonds is 6. The van der Waals surface area contributed by atoms with Crippen LogP contribution in [-0.4, -0.2) is 17.5 Å². The van der Waals surface area contributed by atoms with Crippen LogP contribution in [0, 0.1) is 0 Å². The number of allylic oxidation sites excluding steroid dienone is 4. The van der Waals surface area contributed by atoms with E-state index in [-0.39, 0.29) is 5.78 Å². The zero-order valence-electron chi connectivity index (χ0n) is 8.65. The second-order valence-electron chi connectivity index (χ2n) is 2.83. The van der Waals surface area contributed by atoms with Gasteiger partial charge in [0.05, 0.1) is 0 Å². The number of carbonyl (C=O) groups is 1. The van der Waals surface area contributed by atoms with Crippen LogP contribution in [0.3, 0.4) is 0 Å². The third-order valence-electron chi connectivity index (χ3n) is 2.01. The molecule has 0 radical (unpaired) electrons. The molecule has 14 heavy (non-hydrogen) atoms. The van der Waals surface area contributed by atoms with Crippen LogP contribution < -0.4 is 0 Å². The molecule has 0 aliphatic heterocycles. The van der Waals surface area contributed by atoms with Gasteiger partial charge in [-0.05, 0) is 37.8 Å². The van der Waals surface area contributed by atoms with E-state index in [4.69, 9.17) is 23.2 Å². The molecule has 0 spiro atoms. The number of hydrogen-bond acceptors (Lipinski definition) is 1. The van der Waals surface area contributed by atoms with Gasteiger partial charge in [-0.3, -0.25) is 4.79 Å². The first kappa shape index (κ1) is 13.7. The lowest BCUT2D eigenvalue weighted by Gasteiger charge is -2.06. The lowest BCUT2D eigenvalue weighted by atomic mass is 9.99. The summed E-state index contributed by atoms with van der Waals surface area (Å²) in [6.45, 7) is 3.71. The van der Waals surface area contributed by atoms with Gasteiger partial charge in [-0.2, -0.15) is 0 Å². The fourth-order valence-electron chi connectivity index (χ4n) is 1.19. The Morgan fingerprint density at radius 2 is 1.36 bits per heavy atom. The summed E-state index contributed by atoms with van der Waals surface area (Å²) in [6, 6.07) is 0. The molecule has 0 aromatic heterocycles. The number of carbonyl (C=O) groups excluding carboxylic acids is 1. The maximum absolute atomic E-state index is 11.8. The van der Waals surface area contributed by atoms with Crippen LogP contribution in [0.4, 0.5) is 0 Å². The average molecular weight is 235 g/mol. The van der Waals surface area contributed by atoms with E-state index in [1.807, 2.05) is 26.0 Å². The molecule has 0 N–H and O–H groups in total. The summed E-state index contributed by atoms with van der Waals surface area (Å²) < 4.78 is 0. The van der Waals surface area contributed by atoms with E-state index < -0.39 is 0 Å².